The van der Waals surface area contributed by atoms with Crippen LogP contribution >= 0.6 is 0 Å². The van der Waals surface area contributed by atoms with Crippen molar-refractivity contribution < 1.29 is 28.3 Å². The Hall–Kier alpha value is -2.97. The molecule has 1 heterocycles. The molecule has 1 saturated carbocycles. The van der Waals surface area contributed by atoms with Gasteiger partial charge in [-0.1, -0.05) is 19.8 Å². The maximum Gasteiger partial charge on any atom is 0.326 e. The maximum absolute atomic E-state index is 13.1. The van der Waals surface area contributed by atoms with Crippen LogP contribution in [0.3, 0.4) is 0 Å². The number of urea groups is 1. The lowest BCUT2D eigenvalue weighted by Crippen LogP contribution is -2.54. The Balaban J connectivity index is 1.57. The van der Waals surface area contributed by atoms with Gasteiger partial charge in [0.15, 0.2) is 6.61 Å². The second kappa shape index (κ2) is 8.81. The summed E-state index contributed by atoms with van der Waals surface area (Å²) in [5.74, 6) is -2.19. The second-order valence-electron chi connectivity index (χ2n) is 7.71. The van der Waals surface area contributed by atoms with Gasteiger partial charge in [-0.15, -0.1) is 0 Å². The van der Waals surface area contributed by atoms with Gasteiger partial charge in [-0.2, -0.15) is 0 Å². The Morgan fingerprint density at radius 1 is 1.27 bits per heavy atom. The van der Waals surface area contributed by atoms with Gasteiger partial charge >= 0.3 is 12.0 Å². The number of nitrogens with zero attached hydrogens (tertiary/aromatic N) is 2. The molecule has 1 aromatic carbocycles. The van der Waals surface area contributed by atoms with Crippen LogP contribution in [0.2, 0.25) is 0 Å². The Labute approximate surface area is 174 Å². The van der Waals surface area contributed by atoms with Crippen molar-refractivity contribution in [1.82, 2.24) is 10.2 Å². The highest BCUT2D eigenvalue weighted by atomic mass is 19.1. The van der Waals surface area contributed by atoms with Crippen LogP contribution in [-0.4, -0.2) is 54.0 Å². The highest BCUT2D eigenvalue weighted by molar-refractivity contribution is 6.09. The van der Waals surface area contributed by atoms with Crippen LogP contribution in [0.15, 0.2) is 24.3 Å². The quantitative estimate of drug-likeness (QED) is 0.563. The molecule has 9 heteroatoms. The standard InChI is InChI=1S/C21H26FN3O5/c1-3-24(16-9-7-15(22)8-10-16)17(26)13-30-18(27)12-25-19(28)21(23-20(25)29)11-5-4-6-14(21)2/h7-10,14H,3-6,11-13H2,1-2H3,(H,23,29)/t14-,21-/m0/s1. The van der Waals surface area contributed by atoms with Gasteiger partial charge in [0.25, 0.3) is 11.8 Å². The summed E-state index contributed by atoms with van der Waals surface area (Å²) < 4.78 is 18.1. The number of nitrogens with one attached hydrogen (secondary N) is 1. The van der Waals surface area contributed by atoms with E-state index >= 15 is 0 Å². The third kappa shape index (κ3) is 4.15. The Morgan fingerprint density at radius 3 is 2.60 bits per heavy atom. The lowest BCUT2D eigenvalue weighted by Gasteiger charge is -2.36. The normalized spacial score (nSPS) is 23.4. The second-order valence-corrected chi connectivity index (χ2v) is 7.71. The van der Waals surface area contributed by atoms with Gasteiger partial charge in [-0.05, 0) is 49.9 Å². The van der Waals surface area contributed by atoms with Gasteiger partial charge in [0, 0.05) is 12.2 Å². The van der Waals surface area contributed by atoms with Crippen LogP contribution in [0.5, 0.6) is 0 Å². The fourth-order valence-corrected chi connectivity index (χ4v) is 4.16. The molecule has 0 unspecified atom stereocenters. The predicted molar refractivity (Wildman–Crippen MR) is 106 cm³/mol. The van der Waals surface area contributed by atoms with E-state index in [1.165, 1.54) is 29.2 Å². The predicted octanol–water partition coefficient (Wildman–Crippen LogP) is 2.22. The van der Waals surface area contributed by atoms with Crippen molar-refractivity contribution in [3.8, 4) is 0 Å². The van der Waals surface area contributed by atoms with Crippen molar-refractivity contribution >= 4 is 29.5 Å². The largest absolute Gasteiger partial charge is 0.454 e. The zero-order chi connectivity index (χ0) is 21.9. The first-order valence-corrected chi connectivity index (χ1v) is 10.1. The summed E-state index contributed by atoms with van der Waals surface area (Å²) in [7, 11) is 0. The molecule has 1 N–H and O–H groups in total. The minimum Gasteiger partial charge on any atom is -0.454 e. The molecular formula is C21H26FN3O5. The van der Waals surface area contributed by atoms with Crippen molar-refractivity contribution in [2.45, 2.75) is 45.1 Å². The van der Waals surface area contributed by atoms with Crippen LogP contribution in [0.4, 0.5) is 14.9 Å². The Kier molecular flexibility index (Phi) is 6.38. The Morgan fingerprint density at radius 2 is 1.97 bits per heavy atom. The van der Waals surface area contributed by atoms with E-state index in [0.29, 0.717) is 18.7 Å². The zero-order valence-corrected chi connectivity index (χ0v) is 17.2. The molecule has 162 valence electrons. The average Bonchev–Trinajstić information content (AvgIpc) is 2.95. The Bertz CT molecular complexity index is 844. The molecule has 0 bridgehead atoms. The molecule has 1 aliphatic heterocycles. The van der Waals surface area contributed by atoms with Gasteiger partial charge in [-0.25, -0.2) is 9.18 Å². The van der Waals surface area contributed by atoms with E-state index in [0.717, 1.165) is 24.2 Å². The number of anilines is 1. The summed E-state index contributed by atoms with van der Waals surface area (Å²) in [6, 6.07) is 4.76. The molecule has 2 atom stereocenters. The number of benzene rings is 1. The molecule has 1 saturated heterocycles. The van der Waals surface area contributed by atoms with Crippen LogP contribution < -0.4 is 10.2 Å². The van der Waals surface area contributed by atoms with Gasteiger partial charge in [0.2, 0.25) is 0 Å². The summed E-state index contributed by atoms with van der Waals surface area (Å²) in [6.45, 7) is 2.87. The molecule has 1 aliphatic carbocycles. The molecule has 2 fully saturated rings. The van der Waals surface area contributed by atoms with E-state index in [1.807, 2.05) is 6.92 Å². The number of ether oxygens (including phenoxy) is 1. The summed E-state index contributed by atoms with van der Waals surface area (Å²) in [5.41, 5.74) is -0.477. The number of carbonyl (C=O) groups excluding carboxylic acids is 4. The topological polar surface area (TPSA) is 96.0 Å². The molecule has 2 aliphatic rings. The average molecular weight is 419 g/mol. The van der Waals surface area contributed by atoms with Gasteiger partial charge in [-0.3, -0.25) is 19.3 Å². The van der Waals surface area contributed by atoms with Gasteiger partial charge < -0.3 is 15.0 Å². The number of rotatable bonds is 6. The minimum atomic E-state index is -0.951. The molecule has 30 heavy (non-hydrogen) atoms. The monoisotopic (exact) mass is 419 g/mol. The first-order valence-electron chi connectivity index (χ1n) is 10.1. The number of halogens is 1. The van der Waals surface area contributed by atoms with Crippen molar-refractivity contribution in [2.24, 2.45) is 5.92 Å². The van der Waals surface area contributed by atoms with Crippen molar-refractivity contribution in [1.29, 1.82) is 0 Å². The number of amides is 4. The number of hydrogen-bond donors (Lipinski definition) is 1. The highest BCUT2D eigenvalue weighted by Gasteiger charge is 2.55. The number of imide groups is 1. The van der Waals surface area contributed by atoms with Gasteiger partial charge in [0.1, 0.15) is 17.9 Å². The SMILES string of the molecule is CCN(C(=O)COC(=O)CN1C(=O)N[C@]2(CCCC[C@@H]2C)C1=O)c1ccc(F)cc1. The minimum absolute atomic E-state index is 0.0147. The first-order chi connectivity index (χ1) is 14.3. The van der Waals surface area contributed by atoms with E-state index in [2.05, 4.69) is 5.32 Å². The van der Waals surface area contributed by atoms with E-state index < -0.39 is 48.3 Å². The molecule has 3 rings (SSSR count). The molecule has 4 amide bonds. The van der Waals surface area contributed by atoms with Gasteiger partial charge in [0.05, 0.1) is 0 Å². The molecule has 1 spiro atoms. The lowest BCUT2D eigenvalue weighted by atomic mass is 9.73. The number of hydrogen-bond acceptors (Lipinski definition) is 5. The third-order valence-corrected chi connectivity index (χ3v) is 5.90. The first kappa shape index (κ1) is 21.7. The van der Waals surface area contributed by atoms with E-state index in [4.69, 9.17) is 4.74 Å². The zero-order valence-electron chi connectivity index (χ0n) is 17.2. The van der Waals surface area contributed by atoms with Crippen LogP contribution in [0.1, 0.15) is 39.5 Å². The van der Waals surface area contributed by atoms with E-state index in [1.54, 1.807) is 6.92 Å². The van der Waals surface area contributed by atoms with Crippen molar-refractivity contribution in [3.05, 3.63) is 30.1 Å². The summed E-state index contributed by atoms with van der Waals surface area (Å²) >= 11 is 0. The fraction of sp³-hybridized carbons (Fsp3) is 0.524. The van der Waals surface area contributed by atoms with Crippen molar-refractivity contribution in [3.63, 3.8) is 0 Å². The number of esters is 1. The summed E-state index contributed by atoms with van der Waals surface area (Å²) in [4.78, 5) is 52.0. The molecular weight excluding hydrogens is 393 g/mol. The molecule has 1 aromatic rings. The summed E-state index contributed by atoms with van der Waals surface area (Å²) in [6.07, 6.45) is 3.21. The van der Waals surface area contributed by atoms with Crippen LogP contribution in [0.25, 0.3) is 0 Å². The van der Waals surface area contributed by atoms with Crippen LogP contribution in [-0.2, 0) is 19.1 Å². The molecule has 8 nitrogen and oxygen atoms in total. The lowest BCUT2D eigenvalue weighted by molar-refractivity contribution is -0.151. The third-order valence-electron chi connectivity index (χ3n) is 5.90. The number of likely N-dealkylation sites (N-methyl/N-ethyl adjacent to an activating group) is 1. The van der Waals surface area contributed by atoms with E-state index in [-0.39, 0.29) is 5.92 Å². The number of carbonyl (C=O) groups is 4. The highest BCUT2D eigenvalue weighted by Crippen LogP contribution is 2.38. The summed E-state index contributed by atoms with van der Waals surface area (Å²) in [5, 5.41) is 2.77. The maximum atomic E-state index is 13.1. The molecule has 0 radical (unpaired) electrons. The molecule has 0 aromatic heterocycles. The fourth-order valence-electron chi connectivity index (χ4n) is 4.16. The smallest absolute Gasteiger partial charge is 0.326 e. The van der Waals surface area contributed by atoms with Crippen molar-refractivity contribution in [2.75, 3.05) is 24.6 Å². The van der Waals surface area contributed by atoms with Crippen LogP contribution in [0, 0.1) is 11.7 Å². The van der Waals surface area contributed by atoms with E-state index in [9.17, 15) is 23.6 Å².